The van der Waals surface area contributed by atoms with E-state index in [0.29, 0.717) is 0 Å². The summed E-state index contributed by atoms with van der Waals surface area (Å²) in [5.41, 5.74) is 22.7. The lowest BCUT2D eigenvalue weighted by molar-refractivity contribution is 0.768. The van der Waals surface area contributed by atoms with Crippen LogP contribution in [0.3, 0.4) is 0 Å². The summed E-state index contributed by atoms with van der Waals surface area (Å²) in [6, 6.07) is 85.1. The van der Waals surface area contributed by atoms with Crippen molar-refractivity contribution in [3.05, 3.63) is 286 Å². The lowest BCUT2D eigenvalue weighted by Crippen LogP contribution is -2.28. The molecule has 0 aliphatic heterocycles. The summed E-state index contributed by atoms with van der Waals surface area (Å²) in [6.45, 7) is 0. The number of fused-ring (bicyclic) bond motifs is 6. The standard InChI is InChI=1S/C61H44/c1-5-17-45(18-6-1)47-32-29-43(30-33-47)37-50(38-44-31-35-56-52(39-44)41-51(46-19-7-2-8-20-46)40-49-21-13-14-26-55(49)56)48-34-36-60-58(42-48)57-27-15-16-28-59(57)61(60,53-22-9-3-10-23-53)54-24-11-4-12-25-54/h1-37,39,41-42H,38,40H2/b50-37-. The summed E-state index contributed by atoms with van der Waals surface area (Å²) in [5, 5.41) is 0. The minimum atomic E-state index is -0.430. The topological polar surface area (TPSA) is 0 Å². The number of rotatable bonds is 8. The fraction of sp³-hybridized carbons (Fsp3) is 0.0492. The largest absolute Gasteiger partial charge is 0.0713 e. The van der Waals surface area contributed by atoms with Gasteiger partial charge in [0.05, 0.1) is 5.41 Å². The molecule has 61 heavy (non-hydrogen) atoms. The van der Waals surface area contributed by atoms with Crippen molar-refractivity contribution in [1.82, 2.24) is 0 Å². The van der Waals surface area contributed by atoms with Crippen molar-refractivity contribution in [2.45, 2.75) is 18.3 Å². The number of hydrogen-bond acceptors (Lipinski definition) is 0. The van der Waals surface area contributed by atoms with Gasteiger partial charge in [-0.15, -0.1) is 0 Å². The van der Waals surface area contributed by atoms with Crippen LogP contribution in [0.15, 0.2) is 231 Å². The fourth-order valence-corrected chi connectivity index (χ4v) is 10.0. The molecule has 0 aromatic heterocycles. The molecule has 0 amide bonds. The molecule has 2 aliphatic rings. The Bertz CT molecular complexity index is 3040. The molecular weight excluding hydrogens is 733 g/mol. The molecular formula is C61H44. The Morgan fingerprint density at radius 2 is 1.00 bits per heavy atom. The predicted molar refractivity (Wildman–Crippen MR) is 257 cm³/mol. The fourth-order valence-electron chi connectivity index (χ4n) is 10.0. The van der Waals surface area contributed by atoms with Crippen LogP contribution in [-0.4, -0.2) is 0 Å². The molecule has 0 saturated carbocycles. The van der Waals surface area contributed by atoms with Gasteiger partial charge in [0.2, 0.25) is 0 Å². The van der Waals surface area contributed by atoms with E-state index >= 15 is 0 Å². The summed E-state index contributed by atoms with van der Waals surface area (Å²) in [5.74, 6) is 0. The van der Waals surface area contributed by atoms with E-state index in [2.05, 4.69) is 243 Å². The van der Waals surface area contributed by atoms with Crippen LogP contribution in [0.2, 0.25) is 0 Å². The van der Waals surface area contributed by atoms with Gasteiger partial charge in [0, 0.05) is 0 Å². The molecule has 0 unspecified atom stereocenters. The molecule has 11 rings (SSSR count). The van der Waals surface area contributed by atoms with E-state index in [0.717, 1.165) is 12.8 Å². The van der Waals surface area contributed by atoms with Gasteiger partial charge in [-0.05, 0) is 119 Å². The second-order valence-corrected chi connectivity index (χ2v) is 16.4. The van der Waals surface area contributed by atoms with E-state index in [1.54, 1.807) is 0 Å². The summed E-state index contributed by atoms with van der Waals surface area (Å²) < 4.78 is 0. The first kappa shape index (κ1) is 36.5. The van der Waals surface area contributed by atoms with Gasteiger partial charge in [0.25, 0.3) is 0 Å². The molecule has 0 heterocycles. The molecule has 9 aromatic rings. The van der Waals surface area contributed by atoms with Crippen LogP contribution in [0, 0.1) is 0 Å². The van der Waals surface area contributed by atoms with Crippen LogP contribution in [0.4, 0.5) is 0 Å². The number of allylic oxidation sites excluding steroid dienone is 2. The molecule has 288 valence electrons. The van der Waals surface area contributed by atoms with E-state index in [-0.39, 0.29) is 0 Å². The first-order valence-corrected chi connectivity index (χ1v) is 21.4. The minimum absolute atomic E-state index is 0.430. The summed E-state index contributed by atoms with van der Waals surface area (Å²) in [6.07, 6.45) is 6.52. The third-order valence-corrected chi connectivity index (χ3v) is 12.9. The molecule has 0 bridgehead atoms. The van der Waals surface area contributed by atoms with Crippen molar-refractivity contribution in [1.29, 1.82) is 0 Å². The molecule has 9 aromatic carbocycles. The lowest BCUT2D eigenvalue weighted by atomic mass is 9.67. The van der Waals surface area contributed by atoms with Crippen molar-refractivity contribution in [2.75, 3.05) is 0 Å². The molecule has 0 radical (unpaired) electrons. The van der Waals surface area contributed by atoms with Crippen molar-refractivity contribution < 1.29 is 0 Å². The zero-order valence-electron chi connectivity index (χ0n) is 34.0. The van der Waals surface area contributed by atoms with Crippen LogP contribution < -0.4 is 0 Å². The Morgan fingerprint density at radius 3 is 1.70 bits per heavy atom. The van der Waals surface area contributed by atoms with E-state index in [9.17, 15) is 0 Å². The van der Waals surface area contributed by atoms with Crippen molar-refractivity contribution in [3.63, 3.8) is 0 Å². The Labute approximate surface area is 359 Å². The number of benzene rings is 9. The summed E-state index contributed by atoms with van der Waals surface area (Å²) in [4.78, 5) is 0. The molecule has 2 aliphatic carbocycles. The average molecular weight is 777 g/mol. The maximum Gasteiger partial charge on any atom is 0.0713 e. The van der Waals surface area contributed by atoms with E-state index in [1.165, 1.54) is 100 Å². The molecule has 0 nitrogen and oxygen atoms in total. The Kier molecular flexibility index (Phi) is 9.32. The first-order valence-electron chi connectivity index (χ1n) is 21.4. The molecule has 0 heteroatoms. The van der Waals surface area contributed by atoms with Crippen molar-refractivity contribution >= 4 is 23.3 Å². The highest BCUT2D eigenvalue weighted by atomic mass is 14.5. The summed E-state index contributed by atoms with van der Waals surface area (Å²) >= 11 is 0. The van der Waals surface area contributed by atoms with Gasteiger partial charge in [0.1, 0.15) is 0 Å². The van der Waals surface area contributed by atoms with Crippen molar-refractivity contribution in [3.8, 4) is 33.4 Å². The van der Waals surface area contributed by atoms with Gasteiger partial charge in [-0.25, -0.2) is 0 Å². The maximum absolute atomic E-state index is 2.47. The monoisotopic (exact) mass is 776 g/mol. The van der Waals surface area contributed by atoms with Gasteiger partial charge in [-0.1, -0.05) is 237 Å². The normalized spacial score (nSPS) is 13.6. The van der Waals surface area contributed by atoms with Crippen LogP contribution in [0.5, 0.6) is 0 Å². The van der Waals surface area contributed by atoms with Crippen LogP contribution in [0.25, 0.3) is 56.7 Å². The average Bonchev–Trinajstić information content (AvgIpc) is 3.52. The number of hydrogen-bond donors (Lipinski definition) is 0. The van der Waals surface area contributed by atoms with E-state index in [4.69, 9.17) is 0 Å². The molecule has 0 saturated heterocycles. The van der Waals surface area contributed by atoms with Gasteiger partial charge < -0.3 is 0 Å². The highest BCUT2D eigenvalue weighted by Gasteiger charge is 2.46. The Hall–Kier alpha value is -7.54. The minimum Gasteiger partial charge on any atom is -0.0622 e. The molecule has 0 N–H and O–H groups in total. The molecule has 0 spiro atoms. The Morgan fingerprint density at radius 1 is 0.426 bits per heavy atom. The Balaban J connectivity index is 1.07. The molecule has 0 atom stereocenters. The highest BCUT2D eigenvalue weighted by molar-refractivity contribution is 5.94. The second-order valence-electron chi connectivity index (χ2n) is 16.4. The van der Waals surface area contributed by atoms with Gasteiger partial charge >= 0.3 is 0 Å². The van der Waals surface area contributed by atoms with Crippen LogP contribution in [0.1, 0.15) is 55.6 Å². The van der Waals surface area contributed by atoms with E-state index < -0.39 is 5.41 Å². The smallest absolute Gasteiger partial charge is 0.0622 e. The van der Waals surface area contributed by atoms with Gasteiger partial charge in [0.15, 0.2) is 0 Å². The highest BCUT2D eigenvalue weighted by Crippen LogP contribution is 2.56. The zero-order chi connectivity index (χ0) is 40.6. The van der Waals surface area contributed by atoms with Crippen LogP contribution >= 0.6 is 0 Å². The maximum atomic E-state index is 2.47. The second kappa shape index (κ2) is 15.6. The third-order valence-electron chi connectivity index (χ3n) is 12.9. The molecule has 0 fully saturated rings. The third kappa shape index (κ3) is 6.58. The van der Waals surface area contributed by atoms with E-state index in [1.807, 2.05) is 0 Å². The SMILES string of the molecule is C1=C(c2ccccc2)Cc2ccccc2-c2ccc(C/C(=C/c3ccc(-c4ccccc4)cc3)c3ccc4c(c3)-c3ccccc3C4(c3ccccc3)c3ccccc3)cc21. The van der Waals surface area contributed by atoms with Crippen LogP contribution in [-0.2, 0) is 18.3 Å². The lowest BCUT2D eigenvalue weighted by Gasteiger charge is -2.33. The summed E-state index contributed by atoms with van der Waals surface area (Å²) in [7, 11) is 0. The van der Waals surface area contributed by atoms with Crippen molar-refractivity contribution in [2.24, 2.45) is 0 Å². The first-order chi connectivity index (χ1) is 30.2. The predicted octanol–water partition coefficient (Wildman–Crippen LogP) is 15.3. The zero-order valence-corrected chi connectivity index (χ0v) is 34.0. The quantitative estimate of drug-likeness (QED) is 0.135. The van der Waals surface area contributed by atoms with Gasteiger partial charge in [-0.3, -0.25) is 0 Å². The van der Waals surface area contributed by atoms with Gasteiger partial charge in [-0.2, -0.15) is 0 Å².